The summed E-state index contributed by atoms with van der Waals surface area (Å²) < 4.78 is 26.8. The Morgan fingerprint density at radius 1 is 1.12 bits per heavy atom. The van der Waals surface area contributed by atoms with E-state index in [0.29, 0.717) is 24.7 Å². The predicted molar refractivity (Wildman–Crippen MR) is 92.8 cm³/mol. The van der Waals surface area contributed by atoms with E-state index in [1.54, 1.807) is 4.90 Å². The van der Waals surface area contributed by atoms with E-state index in [-0.39, 0.29) is 34.8 Å². The van der Waals surface area contributed by atoms with E-state index in [1.165, 1.54) is 22.5 Å². The van der Waals surface area contributed by atoms with Crippen molar-refractivity contribution in [2.24, 2.45) is 5.92 Å². The fourth-order valence-electron chi connectivity index (χ4n) is 3.06. The van der Waals surface area contributed by atoms with Crippen molar-refractivity contribution < 1.29 is 13.2 Å². The van der Waals surface area contributed by atoms with E-state index in [1.807, 2.05) is 0 Å². The molecule has 24 heavy (non-hydrogen) atoms. The first-order valence-corrected chi connectivity index (χ1v) is 10.0. The SMILES string of the molecule is O=C(C1CCNC1)N1CCN(S(=O)(=O)c2ccc(Cl)c(Cl)c2)CC1. The van der Waals surface area contributed by atoms with E-state index in [0.717, 1.165) is 13.0 Å². The van der Waals surface area contributed by atoms with Crippen LogP contribution in [0.25, 0.3) is 0 Å². The number of hydrogen-bond donors (Lipinski definition) is 1. The maximum atomic E-state index is 12.7. The van der Waals surface area contributed by atoms with Gasteiger partial charge in [-0.3, -0.25) is 4.79 Å². The highest BCUT2D eigenvalue weighted by Gasteiger charge is 2.33. The number of amides is 1. The summed E-state index contributed by atoms with van der Waals surface area (Å²) in [6.07, 6.45) is 0.848. The molecule has 1 aromatic rings. The summed E-state index contributed by atoms with van der Waals surface area (Å²) >= 11 is 11.8. The van der Waals surface area contributed by atoms with Crippen LogP contribution in [0.4, 0.5) is 0 Å². The highest BCUT2D eigenvalue weighted by Crippen LogP contribution is 2.27. The standard InChI is InChI=1S/C15H19Cl2N3O3S/c16-13-2-1-12(9-14(13)17)24(22,23)20-7-5-19(6-8-20)15(21)11-3-4-18-10-11/h1-2,9,11,18H,3-8,10H2. The van der Waals surface area contributed by atoms with Crippen LogP contribution in [0, 0.1) is 5.92 Å². The molecular formula is C15H19Cl2N3O3S. The van der Waals surface area contributed by atoms with Crippen molar-refractivity contribution in [3.05, 3.63) is 28.2 Å². The molecule has 0 spiro atoms. The zero-order chi connectivity index (χ0) is 17.3. The van der Waals surface area contributed by atoms with Gasteiger partial charge < -0.3 is 10.2 Å². The molecule has 3 rings (SSSR count). The first-order valence-electron chi connectivity index (χ1n) is 7.84. The second-order valence-electron chi connectivity index (χ2n) is 6.00. The first-order chi connectivity index (χ1) is 11.4. The summed E-state index contributed by atoms with van der Waals surface area (Å²) in [5.41, 5.74) is 0. The molecule has 0 bridgehead atoms. The lowest BCUT2D eigenvalue weighted by Crippen LogP contribution is -2.52. The van der Waals surface area contributed by atoms with Crippen LogP contribution in [0.2, 0.25) is 10.0 Å². The molecule has 9 heteroatoms. The second kappa shape index (κ2) is 7.17. The Bertz CT molecular complexity index is 727. The van der Waals surface area contributed by atoms with Gasteiger partial charge in [-0.15, -0.1) is 0 Å². The van der Waals surface area contributed by atoms with Gasteiger partial charge in [-0.1, -0.05) is 23.2 Å². The van der Waals surface area contributed by atoms with Gasteiger partial charge in [-0.2, -0.15) is 4.31 Å². The number of nitrogens with one attached hydrogen (secondary N) is 1. The summed E-state index contributed by atoms with van der Waals surface area (Å²) in [5, 5.41) is 3.70. The molecule has 1 amide bonds. The zero-order valence-electron chi connectivity index (χ0n) is 13.0. The van der Waals surface area contributed by atoms with Crippen LogP contribution in [-0.4, -0.2) is 62.8 Å². The number of hydrogen-bond acceptors (Lipinski definition) is 4. The van der Waals surface area contributed by atoms with Crippen molar-refractivity contribution in [2.75, 3.05) is 39.3 Å². The minimum absolute atomic E-state index is 0.0169. The average Bonchev–Trinajstić information content (AvgIpc) is 3.11. The van der Waals surface area contributed by atoms with E-state index < -0.39 is 10.0 Å². The Morgan fingerprint density at radius 3 is 2.42 bits per heavy atom. The fraction of sp³-hybridized carbons (Fsp3) is 0.533. The largest absolute Gasteiger partial charge is 0.340 e. The lowest BCUT2D eigenvalue weighted by Gasteiger charge is -2.35. The highest BCUT2D eigenvalue weighted by molar-refractivity contribution is 7.89. The number of sulfonamides is 1. The molecule has 0 radical (unpaired) electrons. The maximum Gasteiger partial charge on any atom is 0.243 e. The zero-order valence-corrected chi connectivity index (χ0v) is 15.4. The van der Waals surface area contributed by atoms with Gasteiger partial charge >= 0.3 is 0 Å². The molecule has 1 N–H and O–H groups in total. The van der Waals surface area contributed by atoms with Gasteiger partial charge in [-0.25, -0.2) is 8.42 Å². The van der Waals surface area contributed by atoms with Crippen molar-refractivity contribution in [1.29, 1.82) is 0 Å². The van der Waals surface area contributed by atoms with E-state index >= 15 is 0 Å². The number of nitrogens with zero attached hydrogens (tertiary/aromatic N) is 2. The van der Waals surface area contributed by atoms with Crippen molar-refractivity contribution in [2.45, 2.75) is 11.3 Å². The first kappa shape index (κ1) is 17.9. The molecule has 1 atom stereocenters. The van der Waals surface area contributed by atoms with Crippen LogP contribution < -0.4 is 5.32 Å². The molecule has 2 aliphatic rings. The molecular weight excluding hydrogens is 373 g/mol. The Balaban J connectivity index is 1.67. The monoisotopic (exact) mass is 391 g/mol. The van der Waals surface area contributed by atoms with E-state index in [2.05, 4.69) is 5.32 Å². The van der Waals surface area contributed by atoms with Crippen LogP contribution in [0.3, 0.4) is 0 Å². The lowest BCUT2D eigenvalue weighted by atomic mass is 10.1. The smallest absolute Gasteiger partial charge is 0.243 e. The minimum Gasteiger partial charge on any atom is -0.340 e. The van der Waals surface area contributed by atoms with Crippen molar-refractivity contribution in [1.82, 2.24) is 14.5 Å². The summed E-state index contributed by atoms with van der Waals surface area (Å²) in [6, 6.07) is 4.29. The van der Waals surface area contributed by atoms with Crippen molar-refractivity contribution in [3.8, 4) is 0 Å². The minimum atomic E-state index is -3.63. The third kappa shape index (κ3) is 3.55. The van der Waals surface area contributed by atoms with Gasteiger partial charge in [0.2, 0.25) is 15.9 Å². The highest BCUT2D eigenvalue weighted by atomic mass is 35.5. The van der Waals surface area contributed by atoms with Gasteiger partial charge in [0.1, 0.15) is 0 Å². The number of carbonyl (C=O) groups excluding carboxylic acids is 1. The van der Waals surface area contributed by atoms with Gasteiger partial charge in [0.05, 0.1) is 20.9 Å². The Morgan fingerprint density at radius 2 is 1.83 bits per heavy atom. The normalized spacial score (nSPS) is 22.8. The number of halogens is 2. The lowest BCUT2D eigenvalue weighted by molar-refractivity contribution is -0.136. The summed E-state index contributed by atoms with van der Waals surface area (Å²) in [5.74, 6) is 0.134. The molecule has 0 aromatic heterocycles. The van der Waals surface area contributed by atoms with Crippen LogP contribution in [0.5, 0.6) is 0 Å². The Labute approximate surface area is 151 Å². The van der Waals surface area contributed by atoms with Crippen LogP contribution >= 0.6 is 23.2 Å². The third-order valence-electron chi connectivity index (χ3n) is 4.49. The van der Waals surface area contributed by atoms with Crippen LogP contribution in [0.15, 0.2) is 23.1 Å². The van der Waals surface area contributed by atoms with Gasteiger partial charge in [0, 0.05) is 32.7 Å². The van der Waals surface area contributed by atoms with Crippen LogP contribution in [-0.2, 0) is 14.8 Å². The van der Waals surface area contributed by atoms with Crippen molar-refractivity contribution >= 4 is 39.1 Å². The second-order valence-corrected chi connectivity index (χ2v) is 8.75. The molecule has 1 unspecified atom stereocenters. The van der Waals surface area contributed by atoms with E-state index in [9.17, 15) is 13.2 Å². The molecule has 2 saturated heterocycles. The maximum absolute atomic E-state index is 12.7. The molecule has 1 aromatic carbocycles. The van der Waals surface area contributed by atoms with Crippen molar-refractivity contribution in [3.63, 3.8) is 0 Å². The molecule has 0 aliphatic carbocycles. The molecule has 132 valence electrons. The Kier molecular flexibility index (Phi) is 5.36. The topological polar surface area (TPSA) is 69.7 Å². The quantitative estimate of drug-likeness (QED) is 0.845. The third-order valence-corrected chi connectivity index (χ3v) is 7.12. The molecule has 2 heterocycles. The van der Waals surface area contributed by atoms with E-state index in [4.69, 9.17) is 23.2 Å². The average molecular weight is 392 g/mol. The fourth-order valence-corrected chi connectivity index (χ4v) is 4.87. The summed E-state index contributed by atoms with van der Waals surface area (Å²) in [4.78, 5) is 14.3. The molecule has 2 aliphatic heterocycles. The number of carbonyl (C=O) groups is 1. The Hall–Kier alpha value is -0.860. The molecule has 2 fully saturated rings. The molecule has 0 saturated carbocycles. The van der Waals surface area contributed by atoms with Gasteiger partial charge in [0.25, 0.3) is 0 Å². The summed E-state index contributed by atoms with van der Waals surface area (Å²) in [7, 11) is -3.63. The molecule has 6 nitrogen and oxygen atoms in total. The van der Waals surface area contributed by atoms with Crippen LogP contribution in [0.1, 0.15) is 6.42 Å². The van der Waals surface area contributed by atoms with Gasteiger partial charge in [0.15, 0.2) is 0 Å². The number of piperazine rings is 1. The number of benzene rings is 1. The number of rotatable bonds is 3. The predicted octanol–water partition coefficient (Wildman–Crippen LogP) is 1.44. The van der Waals surface area contributed by atoms with Gasteiger partial charge in [-0.05, 0) is 31.2 Å². The summed E-state index contributed by atoms with van der Waals surface area (Å²) in [6.45, 7) is 2.97.